The van der Waals surface area contributed by atoms with Crippen LogP contribution in [-0.2, 0) is 6.54 Å². The van der Waals surface area contributed by atoms with Crippen molar-refractivity contribution >= 4 is 0 Å². The van der Waals surface area contributed by atoms with Crippen molar-refractivity contribution in [2.24, 2.45) is 5.11 Å². The lowest BCUT2D eigenvalue weighted by Gasteiger charge is -2.03. The zero-order chi connectivity index (χ0) is 16.1. The highest BCUT2D eigenvalue weighted by Crippen LogP contribution is 2.26. The van der Waals surface area contributed by atoms with Crippen molar-refractivity contribution in [2.45, 2.75) is 6.54 Å². The highest BCUT2D eigenvalue weighted by atomic mass is 16.5. The maximum atomic E-state index is 8.60. The van der Waals surface area contributed by atoms with E-state index in [0.29, 0.717) is 0 Å². The van der Waals surface area contributed by atoms with Gasteiger partial charge in [-0.25, -0.2) is 4.68 Å². The van der Waals surface area contributed by atoms with Crippen LogP contribution in [0.5, 0.6) is 5.75 Å². The fourth-order valence-electron chi connectivity index (χ4n) is 2.34. The van der Waals surface area contributed by atoms with Gasteiger partial charge in [0.1, 0.15) is 5.75 Å². The van der Waals surface area contributed by atoms with Gasteiger partial charge in [-0.2, -0.15) is 5.10 Å². The standard InChI is InChI=1S/C17H15N5O/c1-23-16-9-7-13(8-10-16)17-14(11-19-21-18)12-22(20-17)15-5-3-2-4-6-15/h2-10,12H,11H2,1H3. The first-order valence-corrected chi connectivity index (χ1v) is 7.11. The van der Waals surface area contributed by atoms with Gasteiger partial charge in [-0.05, 0) is 41.9 Å². The van der Waals surface area contributed by atoms with Gasteiger partial charge in [0, 0.05) is 22.2 Å². The summed E-state index contributed by atoms with van der Waals surface area (Å²) in [5.74, 6) is 0.785. The molecule has 0 N–H and O–H groups in total. The van der Waals surface area contributed by atoms with Crippen LogP contribution in [0.4, 0.5) is 0 Å². The highest BCUT2D eigenvalue weighted by Gasteiger charge is 2.11. The van der Waals surface area contributed by atoms with Crippen molar-refractivity contribution < 1.29 is 4.74 Å². The number of nitrogens with zero attached hydrogens (tertiary/aromatic N) is 5. The number of para-hydroxylation sites is 1. The van der Waals surface area contributed by atoms with Gasteiger partial charge in [0.2, 0.25) is 0 Å². The number of methoxy groups -OCH3 is 1. The molecule has 0 spiro atoms. The highest BCUT2D eigenvalue weighted by molar-refractivity contribution is 5.64. The van der Waals surface area contributed by atoms with Crippen LogP contribution in [0.1, 0.15) is 5.56 Å². The molecule has 1 aromatic heterocycles. The van der Waals surface area contributed by atoms with Crippen LogP contribution in [-0.4, -0.2) is 16.9 Å². The molecule has 6 heteroatoms. The Morgan fingerprint density at radius 2 is 1.87 bits per heavy atom. The molecule has 0 bridgehead atoms. The molecular formula is C17H15N5O. The first kappa shape index (κ1) is 14.7. The molecule has 0 unspecified atom stereocenters. The number of hydrogen-bond acceptors (Lipinski definition) is 3. The Kier molecular flexibility index (Phi) is 4.27. The Balaban J connectivity index is 2.06. The van der Waals surface area contributed by atoms with Gasteiger partial charge in [-0.1, -0.05) is 23.3 Å². The van der Waals surface area contributed by atoms with Gasteiger partial charge in [-0.15, -0.1) is 0 Å². The van der Waals surface area contributed by atoms with Gasteiger partial charge < -0.3 is 4.74 Å². The molecule has 0 saturated carbocycles. The monoisotopic (exact) mass is 305 g/mol. The smallest absolute Gasteiger partial charge is 0.118 e. The van der Waals surface area contributed by atoms with E-state index in [4.69, 9.17) is 10.3 Å². The third kappa shape index (κ3) is 3.17. The third-order valence-electron chi connectivity index (χ3n) is 3.48. The number of ether oxygens (including phenoxy) is 1. The van der Waals surface area contributed by atoms with Crippen molar-refractivity contribution in [3.8, 4) is 22.7 Å². The molecule has 3 rings (SSSR count). The summed E-state index contributed by atoms with van der Waals surface area (Å²) in [4.78, 5) is 2.84. The maximum absolute atomic E-state index is 8.60. The van der Waals surface area contributed by atoms with Crippen molar-refractivity contribution in [1.29, 1.82) is 0 Å². The average Bonchev–Trinajstić information content (AvgIpc) is 3.05. The largest absolute Gasteiger partial charge is 0.497 e. The first-order chi connectivity index (χ1) is 11.3. The lowest BCUT2D eigenvalue weighted by atomic mass is 10.1. The Morgan fingerprint density at radius 3 is 2.52 bits per heavy atom. The summed E-state index contributed by atoms with van der Waals surface area (Å²) in [6.45, 7) is 0.255. The molecule has 0 fully saturated rings. The fraction of sp³-hybridized carbons (Fsp3) is 0.118. The molecule has 2 aromatic carbocycles. The van der Waals surface area contributed by atoms with Gasteiger partial charge in [0.25, 0.3) is 0 Å². The summed E-state index contributed by atoms with van der Waals surface area (Å²) in [7, 11) is 1.63. The molecule has 0 aliphatic carbocycles. The average molecular weight is 305 g/mol. The number of aromatic nitrogens is 2. The molecule has 23 heavy (non-hydrogen) atoms. The maximum Gasteiger partial charge on any atom is 0.118 e. The van der Waals surface area contributed by atoms with Crippen LogP contribution in [0, 0.1) is 0 Å². The molecule has 0 atom stereocenters. The fourth-order valence-corrected chi connectivity index (χ4v) is 2.34. The molecule has 3 aromatic rings. The van der Waals surface area contributed by atoms with E-state index in [9.17, 15) is 0 Å². The Morgan fingerprint density at radius 1 is 1.13 bits per heavy atom. The number of azide groups is 1. The minimum atomic E-state index is 0.255. The third-order valence-corrected chi connectivity index (χ3v) is 3.48. The van der Waals surface area contributed by atoms with Crippen LogP contribution in [0.2, 0.25) is 0 Å². The van der Waals surface area contributed by atoms with Crippen LogP contribution in [0.15, 0.2) is 65.9 Å². The summed E-state index contributed by atoms with van der Waals surface area (Å²) in [5, 5.41) is 8.32. The first-order valence-electron chi connectivity index (χ1n) is 7.11. The van der Waals surface area contributed by atoms with E-state index in [1.54, 1.807) is 11.8 Å². The Labute approximate surface area is 133 Å². The van der Waals surface area contributed by atoms with E-state index in [0.717, 1.165) is 28.3 Å². The lowest BCUT2D eigenvalue weighted by Crippen LogP contribution is -1.94. The number of rotatable bonds is 5. The number of hydrogen-bond donors (Lipinski definition) is 0. The van der Waals surface area contributed by atoms with Gasteiger partial charge in [-0.3, -0.25) is 0 Å². The molecule has 0 saturated heterocycles. The molecule has 0 radical (unpaired) electrons. The second kappa shape index (κ2) is 6.68. The van der Waals surface area contributed by atoms with Crippen molar-refractivity contribution in [3.05, 3.63) is 76.8 Å². The molecule has 1 heterocycles. The quantitative estimate of drug-likeness (QED) is 0.399. The van der Waals surface area contributed by atoms with Crippen LogP contribution in [0.3, 0.4) is 0 Å². The topological polar surface area (TPSA) is 75.8 Å². The van der Waals surface area contributed by atoms with Crippen molar-refractivity contribution in [3.63, 3.8) is 0 Å². The molecule has 0 aliphatic heterocycles. The molecule has 114 valence electrons. The van der Waals surface area contributed by atoms with E-state index in [1.165, 1.54) is 0 Å². The lowest BCUT2D eigenvalue weighted by molar-refractivity contribution is 0.415. The van der Waals surface area contributed by atoms with Gasteiger partial charge >= 0.3 is 0 Å². The minimum Gasteiger partial charge on any atom is -0.497 e. The van der Waals surface area contributed by atoms with Crippen molar-refractivity contribution in [1.82, 2.24) is 9.78 Å². The van der Waals surface area contributed by atoms with Crippen LogP contribution >= 0.6 is 0 Å². The predicted octanol–water partition coefficient (Wildman–Crippen LogP) is 4.36. The normalized spacial score (nSPS) is 10.1. The summed E-state index contributed by atoms with van der Waals surface area (Å²) in [6, 6.07) is 17.5. The summed E-state index contributed by atoms with van der Waals surface area (Å²) >= 11 is 0. The summed E-state index contributed by atoms with van der Waals surface area (Å²) < 4.78 is 6.98. The molecule has 6 nitrogen and oxygen atoms in total. The Hall–Kier alpha value is -3.24. The van der Waals surface area contributed by atoms with Crippen LogP contribution < -0.4 is 4.74 Å². The van der Waals surface area contributed by atoms with E-state index in [-0.39, 0.29) is 6.54 Å². The summed E-state index contributed by atoms with van der Waals surface area (Å²) in [6.07, 6.45) is 1.89. The van der Waals surface area contributed by atoms with E-state index < -0.39 is 0 Å². The zero-order valence-electron chi connectivity index (χ0n) is 12.6. The van der Waals surface area contributed by atoms with E-state index >= 15 is 0 Å². The van der Waals surface area contributed by atoms with Crippen LogP contribution in [0.25, 0.3) is 27.4 Å². The van der Waals surface area contributed by atoms with E-state index in [2.05, 4.69) is 15.1 Å². The molecule has 0 amide bonds. The summed E-state index contributed by atoms with van der Waals surface area (Å²) in [5.41, 5.74) is 12.2. The molecular weight excluding hydrogens is 290 g/mol. The minimum absolute atomic E-state index is 0.255. The Bertz CT molecular complexity index is 833. The predicted molar refractivity (Wildman–Crippen MR) is 88.4 cm³/mol. The molecule has 0 aliphatic rings. The number of benzene rings is 2. The second-order valence-electron chi connectivity index (χ2n) is 4.90. The van der Waals surface area contributed by atoms with Gasteiger partial charge in [0.15, 0.2) is 0 Å². The van der Waals surface area contributed by atoms with Crippen molar-refractivity contribution in [2.75, 3.05) is 7.11 Å². The second-order valence-corrected chi connectivity index (χ2v) is 4.90. The van der Waals surface area contributed by atoms with E-state index in [1.807, 2.05) is 60.8 Å². The van der Waals surface area contributed by atoms with Gasteiger partial charge in [0.05, 0.1) is 25.0 Å². The SMILES string of the molecule is COc1ccc(-c2nn(-c3ccccc3)cc2CN=[N+]=[N-])cc1. The zero-order valence-corrected chi connectivity index (χ0v) is 12.6.